The second-order valence-corrected chi connectivity index (χ2v) is 9.88. The number of nitrogens with zero attached hydrogens (tertiary/aromatic N) is 2. The molecular weight excluding hydrogens is 534 g/mol. The topological polar surface area (TPSA) is 73.2 Å². The number of aromatic amines is 1. The number of H-pyrrole nitrogens is 1. The molecule has 4 aromatic carbocycles. The van der Waals surface area contributed by atoms with Gasteiger partial charge < -0.3 is 18.9 Å². The molecule has 0 aliphatic rings. The molecular formula is C34H28ClN3O3. The van der Waals surface area contributed by atoms with E-state index in [9.17, 15) is 0 Å². The van der Waals surface area contributed by atoms with Crippen LogP contribution in [0.4, 0.5) is 0 Å². The van der Waals surface area contributed by atoms with Crippen molar-refractivity contribution >= 4 is 11.6 Å². The number of rotatable bonds is 10. The lowest BCUT2D eigenvalue weighted by Gasteiger charge is -2.09. The minimum Gasteiger partial charge on any atom is -0.493 e. The number of methoxy groups -OCH3 is 1. The average Bonchev–Trinajstić information content (AvgIpc) is 3.66. The van der Waals surface area contributed by atoms with Crippen LogP contribution in [0.2, 0.25) is 5.02 Å². The third kappa shape index (κ3) is 5.88. The lowest BCUT2D eigenvalue weighted by molar-refractivity contribution is 0.286. The van der Waals surface area contributed by atoms with Gasteiger partial charge in [-0.25, -0.2) is 9.97 Å². The van der Waals surface area contributed by atoms with Gasteiger partial charge in [0.2, 0.25) is 0 Å². The van der Waals surface area contributed by atoms with Gasteiger partial charge in [-0.15, -0.1) is 0 Å². The molecule has 7 heteroatoms. The second-order valence-electron chi connectivity index (χ2n) is 9.44. The summed E-state index contributed by atoms with van der Waals surface area (Å²) in [6, 6.07) is 35.5. The van der Waals surface area contributed by atoms with Crippen LogP contribution in [-0.4, -0.2) is 28.7 Å². The highest BCUT2D eigenvalue weighted by atomic mass is 35.5. The molecule has 2 aromatic heterocycles. The number of benzene rings is 4. The SMILES string of the molecule is COc1ccccc1OCCCc1oc(-c2nc(-c3ccccc3)c(-c3ccccc3)[nH]2)nc1-c1ccc(Cl)cc1. The van der Waals surface area contributed by atoms with Gasteiger partial charge in [0.25, 0.3) is 5.89 Å². The maximum Gasteiger partial charge on any atom is 0.263 e. The zero-order chi connectivity index (χ0) is 28.0. The number of aryl methyl sites for hydroxylation is 1. The van der Waals surface area contributed by atoms with E-state index in [1.54, 1.807) is 7.11 Å². The molecule has 0 aliphatic carbocycles. The fourth-order valence-corrected chi connectivity index (χ4v) is 4.83. The Morgan fingerprint density at radius 3 is 2.05 bits per heavy atom. The Morgan fingerprint density at radius 1 is 0.707 bits per heavy atom. The zero-order valence-corrected chi connectivity index (χ0v) is 23.3. The van der Waals surface area contributed by atoms with E-state index in [-0.39, 0.29) is 0 Å². The smallest absolute Gasteiger partial charge is 0.263 e. The third-order valence-corrected chi connectivity index (χ3v) is 6.96. The largest absolute Gasteiger partial charge is 0.493 e. The monoisotopic (exact) mass is 561 g/mol. The summed E-state index contributed by atoms with van der Waals surface area (Å²) < 4.78 is 17.8. The van der Waals surface area contributed by atoms with Crippen molar-refractivity contribution in [2.75, 3.05) is 13.7 Å². The van der Waals surface area contributed by atoms with Crippen molar-refractivity contribution in [2.24, 2.45) is 0 Å². The highest BCUT2D eigenvalue weighted by Crippen LogP contribution is 2.35. The number of halogens is 1. The van der Waals surface area contributed by atoms with Gasteiger partial charge in [-0.3, -0.25) is 0 Å². The first-order valence-corrected chi connectivity index (χ1v) is 13.8. The predicted octanol–water partition coefficient (Wildman–Crippen LogP) is 8.74. The summed E-state index contributed by atoms with van der Waals surface area (Å²) in [7, 11) is 1.64. The van der Waals surface area contributed by atoms with Crippen molar-refractivity contribution in [1.29, 1.82) is 0 Å². The first kappa shape index (κ1) is 26.4. The van der Waals surface area contributed by atoms with E-state index in [0.29, 0.717) is 41.3 Å². The van der Waals surface area contributed by atoms with E-state index in [1.165, 1.54) is 0 Å². The van der Waals surface area contributed by atoms with E-state index >= 15 is 0 Å². The Hall–Kier alpha value is -4.81. The maximum absolute atomic E-state index is 6.40. The molecule has 0 bridgehead atoms. The number of nitrogens with one attached hydrogen (secondary N) is 1. The zero-order valence-electron chi connectivity index (χ0n) is 22.5. The molecule has 6 rings (SSSR count). The summed E-state index contributed by atoms with van der Waals surface area (Å²) >= 11 is 6.18. The number of imidazole rings is 1. The Kier molecular flexibility index (Phi) is 7.83. The molecule has 0 radical (unpaired) electrons. The van der Waals surface area contributed by atoms with Crippen LogP contribution in [0.15, 0.2) is 114 Å². The molecule has 0 aliphatic heterocycles. The van der Waals surface area contributed by atoms with Crippen LogP contribution in [0, 0.1) is 0 Å². The van der Waals surface area contributed by atoms with Gasteiger partial charge in [-0.05, 0) is 30.7 Å². The molecule has 0 fully saturated rings. The summed E-state index contributed by atoms with van der Waals surface area (Å²) in [5, 5.41) is 0.662. The maximum atomic E-state index is 6.40. The van der Waals surface area contributed by atoms with Gasteiger partial charge in [0.15, 0.2) is 17.3 Å². The van der Waals surface area contributed by atoms with Crippen LogP contribution >= 0.6 is 11.6 Å². The number of ether oxygens (including phenoxy) is 2. The fraction of sp³-hybridized carbons (Fsp3) is 0.118. The Morgan fingerprint density at radius 2 is 1.34 bits per heavy atom. The number of para-hydroxylation sites is 2. The van der Waals surface area contributed by atoms with Crippen molar-refractivity contribution < 1.29 is 13.9 Å². The van der Waals surface area contributed by atoms with Crippen LogP contribution in [0.5, 0.6) is 11.5 Å². The molecule has 0 unspecified atom stereocenters. The fourth-order valence-electron chi connectivity index (χ4n) is 4.70. The van der Waals surface area contributed by atoms with Crippen LogP contribution in [0.25, 0.3) is 45.5 Å². The van der Waals surface area contributed by atoms with Gasteiger partial charge in [-0.1, -0.05) is 96.5 Å². The number of aromatic nitrogens is 3. The molecule has 0 amide bonds. The van der Waals surface area contributed by atoms with Crippen molar-refractivity contribution in [1.82, 2.24) is 15.0 Å². The van der Waals surface area contributed by atoms with Crippen molar-refractivity contribution in [3.63, 3.8) is 0 Å². The Balaban J connectivity index is 1.33. The van der Waals surface area contributed by atoms with Crippen molar-refractivity contribution in [3.8, 4) is 57.0 Å². The molecule has 0 atom stereocenters. The molecule has 0 saturated heterocycles. The first-order chi connectivity index (χ1) is 20.2. The molecule has 6 nitrogen and oxygen atoms in total. The molecule has 41 heavy (non-hydrogen) atoms. The Labute approximate surface area is 243 Å². The molecule has 6 aromatic rings. The first-order valence-electron chi connectivity index (χ1n) is 13.4. The predicted molar refractivity (Wildman–Crippen MR) is 162 cm³/mol. The van der Waals surface area contributed by atoms with Crippen LogP contribution in [-0.2, 0) is 6.42 Å². The summed E-state index contributed by atoms with van der Waals surface area (Å²) in [5.41, 5.74) is 5.46. The van der Waals surface area contributed by atoms with Gasteiger partial charge in [0, 0.05) is 28.1 Å². The highest BCUT2D eigenvalue weighted by Gasteiger charge is 2.22. The molecule has 0 spiro atoms. The number of hydrogen-bond donors (Lipinski definition) is 1. The molecule has 2 heterocycles. The van der Waals surface area contributed by atoms with Crippen LogP contribution in [0.1, 0.15) is 12.2 Å². The van der Waals surface area contributed by atoms with Gasteiger partial charge >= 0.3 is 0 Å². The summed E-state index contributed by atoms with van der Waals surface area (Å²) in [4.78, 5) is 13.4. The van der Waals surface area contributed by atoms with Crippen molar-refractivity contribution in [3.05, 3.63) is 120 Å². The highest BCUT2D eigenvalue weighted by molar-refractivity contribution is 6.30. The van der Waals surface area contributed by atoms with E-state index in [1.807, 2.05) is 97.1 Å². The number of hydrogen-bond acceptors (Lipinski definition) is 5. The minimum absolute atomic E-state index is 0.426. The number of oxazole rings is 1. The lowest BCUT2D eigenvalue weighted by atomic mass is 10.1. The third-order valence-electron chi connectivity index (χ3n) is 6.71. The van der Waals surface area contributed by atoms with Gasteiger partial charge in [-0.2, -0.15) is 0 Å². The lowest BCUT2D eigenvalue weighted by Crippen LogP contribution is -2.01. The van der Waals surface area contributed by atoms with Crippen molar-refractivity contribution in [2.45, 2.75) is 12.8 Å². The Bertz CT molecular complexity index is 1670. The van der Waals surface area contributed by atoms with Crippen LogP contribution in [0.3, 0.4) is 0 Å². The summed E-state index contributed by atoms with van der Waals surface area (Å²) in [6.45, 7) is 0.494. The summed E-state index contributed by atoms with van der Waals surface area (Å²) in [6.07, 6.45) is 1.34. The van der Waals surface area contributed by atoms with E-state index in [2.05, 4.69) is 17.1 Å². The molecule has 1 N–H and O–H groups in total. The summed E-state index contributed by atoms with van der Waals surface area (Å²) in [5.74, 6) is 3.16. The quantitative estimate of drug-likeness (QED) is 0.169. The van der Waals surface area contributed by atoms with Gasteiger partial charge in [0.1, 0.15) is 11.5 Å². The van der Waals surface area contributed by atoms with E-state index in [4.69, 9.17) is 35.5 Å². The standard InChI is InChI=1S/C34H28ClN3O3/c1-39-27-15-8-9-16-28(27)40-22-10-17-29-30(25-18-20-26(35)21-19-25)38-34(41-29)33-36-31(23-11-4-2-5-12-23)32(37-33)24-13-6-3-7-14-24/h2-9,11-16,18-21H,10,17,22H2,1H3,(H,36,37). The normalized spacial score (nSPS) is 11.0. The minimum atomic E-state index is 0.426. The van der Waals surface area contributed by atoms with Crippen LogP contribution < -0.4 is 9.47 Å². The molecule has 204 valence electrons. The second kappa shape index (κ2) is 12.1. The molecule has 0 saturated carbocycles. The van der Waals surface area contributed by atoms with E-state index in [0.717, 1.165) is 46.0 Å². The van der Waals surface area contributed by atoms with Gasteiger partial charge in [0.05, 0.1) is 25.1 Å². The van der Waals surface area contributed by atoms with E-state index < -0.39 is 0 Å². The average molecular weight is 562 g/mol.